The molecular formula is C17H22N2O. The maximum absolute atomic E-state index is 5.56. The molecule has 1 aliphatic heterocycles. The molecule has 1 aromatic carbocycles. The van der Waals surface area contributed by atoms with Crippen molar-refractivity contribution >= 4 is 10.9 Å². The molecular weight excluding hydrogens is 248 g/mol. The van der Waals surface area contributed by atoms with Crippen molar-refractivity contribution in [3.05, 3.63) is 41.6 Å². The second-order valence-electron chi connectivity index (χ2n) is 5.56. The molecule has 0 bridgehead atoms. The van der Waals surface area contributed by atoms with Crippen LogP contribution in [0.3, 0.4) is 0 Å². The third-order valence-corrected chi connectivity index (χ3v) is 4.07. The summed E-state index contributed by atoms with van der Waals surface area (Å²) >= 11 is 0. The van der Waals surface area contributed by atoms with Crippen molar-refractivity contribution in [2.75, 3.05) is 19.8 Å². The molecule has 0 aliphatic carbocycles. The highest BCUT2D eigenvalue weighted by Gasteiger charge is 2.26. The van der Waals surface area contributed by atoms with Gasteiger partial charge >= 0.3 is 0 Å². The van der Waals surface area contributed by atoms with Crippen molar-refractivity contribution in [1.82, 2.24) is 10.3 Å². The van der Waals surface area contributed by atoms with Crippen molar-refractivity contribution in [3.8, 4) is 0 Å². The van der Waals surface area contributed by atoms with Crippen LogP contribution < -0.4 is 5.32 Å². The summed E-state index contributed by atoms with van der Waals surface area (Å²) in [4.78, 5) is 4.57. The van der Waals surface area contributed by atoms with Gasteiger partial charge in [0.1, 0.15) is 0 Å². The average Bonchev–Trinajstić information content (AvgIpc) is 2.98. The molecule has 1 aromatic heterocycles. The summed E-state index contributed by atoms with van der Waals surface area (Å²) in [6.45, 7) is 6.92. The van der Waals surface area contributed by atoms with Crippen molar-refractivity contribution in [3.63, 3.8) is 0 Å². The maximum atomic E-state index is 5.56. The molecule has 0 radical (unpaired) electrons. The average molecular weight is 270 g/mol. The second kappa shape index (κ2) is 5.90. The minimum Gasteiger partial charge on any atom is -0.381 e. The predicted molar refractivity (Wildman–Crippen MR) is 81.8 cm³/mol. The Balaban J connectivity index is 1.95. The van der Waals surface area contributed by atoms with Gasteiger partial charge in [0.15, 0.2) is 0 Å². The van der Waals surface area contributed by atoms with Crippen LogP contribution in [0.15, 0.2) is 30.3 Å². The number of benzene rings is 1. The van der Waals surface area contributed by atoms with Gasteiger partial charge in [-0.1, -0.05) is 19.1 Å². The Morgan fingerprint density at radius 1 is 1.35 bits per heavy atom. The first kappa shape index (κ1) is 13.5. The quantitative estimate of drug-likeness (QED) is 0.926. The number of rotatable bonds is 4. The van der Waals surface area contributed by atoms with E-state index in [1.165, 1.54) is 10.9 Å². The number of aromatic nitrogens is 1. The largest absolute Gasteiger partial charge is 0.381 e. The van der Waals surface area contributed by atoms with Gasteiger partial charge in [-0.3, -0.25) is 4.98 Å². The van der Waals surface area contributed by atoms with Gasteiger partial charge in [0.05, 0.1) is 12.1 Å². The molecule has 20 heavy (non-hydrogen) atoms. The van der Waals surface area contributed by atoms with E-state index in [1.807, 2.05) is 6.92 Å². The summed E-state index contributed by atoms with van der Waals surface area (Å²) in [6, 6.07) is 11.2. The van der Waals surface area contributed by atoms with Crippen LogP contribution in [0.25, 0.3) is 10.9 Å². The van der Waals surface area contributed by atoms with Crippen molar-refractivity contribution in [2.45, 2.75) is 26.3 Å². The molecule has 0 amide bonds. The highest BCUT2D eigenvalue weighted by molar-refractivity contribution is 5.79. The Kier molecular flexibility index (Phi) is 3.99. The summed E-state index contributed by atoms with van der Waals surface area (Å²) in [5.41, 5.74) is 3.49. The van der Waals surface area contributed by atoms with Crippen LogP contribution in [0.4, 0.5) is 0 Å². The van der Waals surface area contributed by atoms with E-state index in [-0.39, 0.29) is 0 Å². The molecule has 0 spiro atoms. The van der Waals surface area contributed by atoms with E-state index in [1.54, 1.807) is 0 Å². The van der Waals surface area contributed by atoms with Crippen LogP contribution in [0.2, 0.25) is 0 Å². The maximum Gasteiger partial charge on any atom is 0.0705 e. The summed E-state index contributed by atoms with van der Waals surface area (Å²) in [5.74, 6) is 0.575. The number of fused-ring (bicyclic) bond motifs is 1. The first-order valence-corrected chi connectivity index (χ1v) is 7.46. The lowest BCUT2D eigenvalue weighted by atomic mass is 9.91. The number of aryl methyl sites for hydroxylation is 1. The molecule has 1 fully saturated rings. The molecule has 3 rings (SSSR count). The molecule has 0 saturated carbocycles. The van der Waals surface area contributed by atoms with E-state index >= 15 is 0 Å². The predicted octanol–water partition coefficient (Wildman–Crippen LogP) is 3.23. The van der Waals surface area contributed by atoms with Gasteiger partial charge in [-0.2, -0.15) is 0 Å². The number of nitrogens with one attached hydrogen (secondary N) is 1. The first-order chi connectivity index (χ1) is 9.78. The Hall–Kier alpha value is -1.45. The SMILES string of the molecule is CCNC(c1ccc2nc(C)ccc2c1)C1CCOC1. The van der Waals surface area contributed by atoms with Gasteiger partial charge in [0.25, 0.3) is 0 Å². The third kappa shape index (κ3) is 2.69. The van der Waals surface area contributed by atoms with Crippen molar-refractivity contribution in [2.24, 2.45) is 5.92 Å². The van der Waals surface area contributed by atoms with E-state index in [0.29, 0.717) is 12.0 Å². The van der Waals surface area contributed by atoms with Gasteiger partial charge in [-0.25, -0.2) is 0 Å². The Morgan fingerprint density at radius 3 is 3.00 bits per heavy atom. The van der Waals surface area contributed by atoms with Gasteiger partial charge < -0.3 is 10.1 Å². The molecule has 2 unspecified atom stereocenters. The Labute approximate surface area is 120 Å². The van der Waals surface area contributed by atoms with E-state index in [9.17, 15) is 0 Å². The van der Waals surface area contributed by atoms with E-state index in [4.69, 9.17) is 4.74 Å². The smallest absolute Gasteiger partial charge is 0.0705 e. The molecule has 3 nitrogen and oxygen atoms in total. The Bertz CT molecular complexity index is 591. The topological polar surface area (TPSA) is 34.2 Å². The summed E-state index contributed by atoms with van der Waals surface area (Å²) < 4.78 is 5.56. The summed E-state index contributed by atoms with van der Waals surface area (Å²) in [6.07, 6.45) is 1.14. The fourth-order valence-electron chi connectivity index (χ4n) is 3.03. The zero-order valence-electron chi connectivity index (χ0n) is 12.2. The number of pyridine rings is 1. The Morgan fingerprint density at radius 2 is 2.25 bits per heavy atom. The molecule has 2 heterocycles. The second-order valence-corrected chi connectivity index (χ2v) is 5.56. The molecule has 3 heteroatoms. The van der Waals surface area contributed by atoms with E-state index < -0.39 is 0 Å². The van der Waals surface area contributed by atoms with Crippen LogP contribution in [-0.4, -0.2) is 24.7 Å². The molecule has 106 valence electrons. The highest BCUT2D eigenvalue weighted by Crippen LogP contribution is 2.30. The molecule has 1 N–H and O–H groups in total. The lowest BCUT2D eigenvalue weighted by Gasteiger charge is -2.24. The zero-order chi connectivity index (χ0) is 13.9. The first-order valence-electron chi connectivity index (χ1n) is 7.46. The lowest BCUT2D eigenvalue weighted by Crippen LogP contribution is -2.28. The minimum atomic E-state index is 0.383. The number of hydrogen-bond donors (Lipinski definition) is 1. The fraction of sp³-hybridized carbons (Fsp3) is 0.471. The van der Waals surface area contributed by atoms with Crippen LogP contribution in [0.1, 0.15) is 30.6 Å². The van der Waals surface area contributed by atoms with Crippen molar-refractivity contribution in [1.29, 1.82) is 0 Å². The molecule has 2 aromatic rings. The molecule has 1 saturated heterocycles. The number of ether oxygens (including phenoxy) is 1. The summed E-state index contributed by atoms with van der Waals surface area (Å²) in [7, 11) is 0. The minimum absolute atomic E-state index is 0.383. The van der Waals surface area contributed by atoms with E-state index in [2.05, 4.69) is 47.6 Å². The van der Waals surface area contributed by atoms with Gasteiger partial charge in [0, 0.05) is 29.6 Å². The number of hydrogen-bond acceptors (Lipinski definition) is 3. The lowest BCUT2D eigenvalue weighted by molar-refractivity contribution is 0.177. The highest BCUT2D eigenvalue weighted by atomic mass is 16.5. The van der Waals surface area contributed by atoms with Gasteiger partial charge in [0.2, 0.25) is 0 Å². The zero-order valence-corrected chi connectivity index (χ0v) is 12.2. The normalized spacial score (nSPS) is 20.4. The third-order valence-electron chi connectivity index (χ3n) is 4.07. The van der Waals surface area contributed by atoms with E-state index in [0.717, 1.165) is 37.4 Å². The summed E-state index contributed by atoms with van der Waals surface area (Å²) in [5, 5.41) is 4.83. The van der Waals surface area contributed by atoms with Crippen LogP contribution in [-0.2, 0) is 4.74 Å². The van der Waals surface area contributed by atoms with Gasteiger partial charge in [-0.05, 0) is 43.7 Å². The molecule has 1 aliphatic rings. The fourth-order valence-corrected chi connectivity index (χ4v) is 3.03. The van der Waals surface area contributed by atoms with Gasteiger partial charge in [-0.15, -0.1) is 0 Å². The standard InChI is InChI=1S/C17H22N2O/c1-3-18-17(15-8-9-20-11-15)14-6-7-16-13(10-14)5-4-12(2)19-16/h4-7,10,15,17-18H,3,8-9,11H2,1-2H3. The monoisotopic (exact) mass is 270 g/mol. The number of nitrogens with zero attached hydrogens (tertiary/aromatic N) is 1. The van der Waals surface area contributed by atoms with Crippen LogP contribution in [0.5, 0.6) is 0 Å². The van der Waals surface area contributed by atoms with Crippen molar-refractivity contribution < 1.29 is 4.74 Å². The van der Waals surface area contributed by atoms with Crippen LogP contribution >= 0.6 is 0 Å². The van der Waals surface area contributed by atoms with Crippen LogP contribution in [0, 0.1) is 12.8 Å². The molecule has 2 atom stereocenters.